The first-order valence-electron chi connectivity index (χ1n) is 16.6. The van der Waals surface area contributed by atoms with Gasteiger partial charge in [0.25, 0.3) is 6.47 Å². The fourth-order valence-electron chi connectivity index (χ4n) is 3.89. The Hall–Kier alpha value is -0.791. The summed E-state index contributed by atoms with van der Waals surface area (Å²) in [7, 11) is 0. The molecule has 0 aromatic carbocycles. The third-order valence-corrected chi connectivity index (χ3v) is 10.4. The molecule has 0 fully saturated rings. The van der Waals surface area contributed by atoms with Crippen molar-refractivity contribution in [3.05, 3.63) is 0 Å². The van der Waals surface area contributed by atoms with Crippen molar-refractivity contribution in [2.24, 2.45) is 0 Å². The van der Waals surface area contributed by atoms with E-state index in [-0.39, 0.29) is 40.5 Å². The third-order valence-electron chi connectivity index (χ3n) is 6.38. The van der Waals surface area contributed by atoms with E-state index in [4.69, 9.17) is 9.90 Å². The molecule has 0 aromatic rings. The number of carbonyl (C=O) groups is 3. The van der Waals surface area contributed by atoms with Crippen LogP contribution in [0.2, 0.25) is 8.87 Å². The Bertz CT molecular complexity index is 436. The van der Waals surface area contributed by atoms with Crippen molar-refractivity contribution >= 4 is 39.6 Å². The van der Waals surface area contributed by atoms with Gasteiger partial charge in [-0.1, -0.05) is 117 Å². The Morgan fingerprint density at radius 3 is 0.950 bits per heavy atom. The minimum atomic E-state index is -0.909. The van der Waals surface area contributed by atoms with Crippen LogP contribution in [0, 0.1) is 0 Å². The van der Waals surface area contributed by atoms with Crippen LogP contribution in [-0.4, -0.2) is 44.7 Å². The van der Waals surface area contributed by atoms with Crippen LogP contribution in [0.25, 0.3) is 0 Å². The molecule has 0 atom stereocenters. The van der Waals surface area contributed by atoms with Gasteiger partial charge in [-0.3, -0.25) is 4.79 Å². The molecule has 6 nitrogen and oxygen atoms in total. The second-order valence-corrected chi connectivity index (χ2v) is 14.7. The number of hydrogen-bond donors (Lipinski definition) is 1. The molecular formula is C33H66O6Sn. The largest absolute Gasteiger partial charge is 0.483 e. The van der Waals surface area contributed by atoms with Crippen LogP contribution in [-0.2, 0) is 14.4 Å². The van der Waals surface area contributed by atoms with E-state index in [9.17, 15) is 19.8 Å². The number of unbranched alkanes of at least 4 members (excludes halogenated alkanes) is 18. The standard InChI is InChI=1S/2C12H24O2.2C4H9.CH2O2.Sn/c2*1-2-3-4-5-6-7-8-9-10-11-12(13)14;2*1-3-4-2;2-1-3;/h2*2-11H2,1H3,(H,13,14);2*1,3-4H2,2H3;1H,(H,2,3);/q;;;;;+2/p-2. The number of aliphatic carboxylic acids is 2. The minimum absolute atomic E-state index is 0.149. The topological polar surface area (TPSA) is 118 Å². The molecule has 0 amide bonds. The van der Waals surface area contributed by atoms with E-state index in [0.29, 0.717) is 0 Å². The second kappa shape index (κ2) is 48.0. The molecule has 0 unspecified atom stereocenters. The first-order chi connectivity index (χ1) is 19.4. The van der Waals surface area contributed by atoms with Gasteiger partial charge in [0.15, 0.2) is 0 Å². The maximum Gasteiger partial charge on any atom is 0.290 e. The summed E-state index contributed by atoms with van der Waals surface area (Å²) in [6, 6.07) is 0. The molecule has 0 radical (unpaired) electrons. The smallest absolute Gasteiger partial charge is 0.290 e. The number of carbonyl (C=O) groups excluding carboxylic acids is 2. The van der Waals surface area contributed by atoms with E-state index in [1.165, 1.54) is 116 Å². The summed E-state index contributed by atoms with van der Waals surface area (Å²) >= 11 is 0.149. The van der Waals surface area contributed by atoms with Crippen LogP contribution in [0.4, 0.5) is 0 Å². The fourth-order valence-corrected chi connectivity index (χ4v) is 8.05. The van der Waals surface area contributed by atoms with E-state index in [1.807, 2.05) is 0 Å². The van der Waals surface area contributed by atoms with Crippen molar-refractivity contribution in [3.63, 3.8) is 0 Å². The molecule has 7 heteroatoms. The SMILES string of the molecule is CCCCCCCCCCCC(=O)[O-].CCCCCCCCCCCC(=O)[O-].CCC[CH2][Sn+2][CH2]CCC.O=CO. The summed E-state index contributed by atoms with van der Waals surface area (Å²) in [5, 5.41) is 27.1. The van der Waals surface area contributed by atoms with Gasteiger partial charge in [0.05, 0.1) is 0 Å². The number of carboxylic acid groups (broad SMARTS) is 3. The van der Waals surface area contributed by atoms with Gasteiger partial charge in [-0.2, -0.15) is 0 Å². The molecule has 1 N–H and O–H groups in total. The fraction of sp³-hybridized carbons (Fsp3) is 0.909. The Morgan fingerprint density at radius 1 is 0.500 bits per heavy atom. The van der Waals surface area contributed by atoms with Crippen LogP contribution >= 0.6 is 0 Å². The van der Waals surface area contributed by atoms with E-state index in [0.717, 1.165) is 25.7 Å². The molecule has 0 bridgehead atoms. The average molecular weight is 678 g/mol. The minimum Gasteiger partial charge on any atom is -0.483 e. The van der Waals surface area contributed by atoms with Gasteiger partial charge in [0.1, 0.15) is 0 Å². The molecular weight excluding hydrogens is 611 g/mol. The zero-order valence-corrected chi connectivity index (χ0v) is 29.8. The molecule has 0 saturated carbocycles. The van der Waals surface area contributed by atoms with Gasteiger partial charge < -0.3 is 24.9 Å². The van der Waals surface area contributed by atoms with Crippen LogP contribution in [0.5, 0.6) is 0 Å². The zero-order valence-electron chi connectivity index (χ0n) is 27.0. The van der Waals surface area contributed by atoms with Crippen LogP contribution in [0.1, 0.15) is 182 Å². The third kappa shape index (κ3) is 65.9. The van der Waals surface area contributed by atoms with E-state index in [1.54, 1.807) is 8.87 Å². The summed E-state index contributed by atoms with van der Waals surface area (Å²) in [6.45, 7) is 8.78. The maximum absolute atomic E-state index is 10.1. The van der Waals surface area contributed by atoms with E-state index < -0.39 is 11.9 Å². The van der Waals surface area contributed by atoms with Gasteiger partial charge in [0.2, 0.25) is 0 Å². The number of hydrogen-bond acceptors (Lipinski definition) is 5. The van der Waals surface area contributed by atoms with Crippen molar-refractivity contribution in [2.45, 2.75) is 191 Å². The summed E-state index contributed by atoms with van der Waals surface area (Å²) in [5.74, 6) is -1.82. The maximum atomic E-state index is 10.1. The van der Waals surface area contributed by atoms with Crippen LogP contribution < -0.4 is 10.2 Å². The first kappa shape index (κ1) is 46.2. The molecule has 0 aliphatic heterocycles. The molecule has 0 spiro atoms. The van der Waals surface area contributed by atoms with Crippen molar-refractivity contribution in [2.75, 3.05) is 0 Å². The van der Waals surface area contributed by atoms with Gasteiger partial charge >= 0.3 is 69.5 Å². The van der Waals surface area contributed by atoms with E-state index in [2.05, 4.69) is 27.7 Å². The molecule has 0 heterocycles. The van der Waals surface area contributed by atoms with Gasteiger partial charge in [0, 0.05) is 11.9 Å². The predicted octanol–water partition coefficient (Wildman–Crippen LogP) is 8.14. The quantitative estimate of drug-likeness (QED) is 0.0561. The van der Waals surface area contributed by atoms with Crippen molar-refractivity contribution in [1.82, 2.24) is 0 Å². The van der Waals surface area contributed by atoms with Crippen LogP contribution in [0.15, 0.2) is 0 Å². The summed E-state index contributed by atoms with van der Waals surface area (Å²) in [4.78, 5) is 28.6. The van der Waals surface area contributed by atoms with Crippen molar-refractivity contribution in [1.29, 1.82) is 0 Å². The molecule has 0 aliphatic carbocycles. The molecule has 0 saturated heterocycles. The Morgan fingerprint density at radius 2 is 0.725 bits per heavy atom. The van der Waals surface area contributed by atoms with Gasteiger partial charge in [-0.05, 0) is 25.7 Å². The van der Waals surface area contributed by atoms with Gasteiger partial charge in [-0.15, -0.1) is 0 Å². The average Bonchev–Trinajstić information content (AvgIpc) is 2.92. The van der Waals surface area contributed by atoms with Crippen molar-refractivity contribution < 1.29 is 29.7 Å². The first-order valence-corrected chi connectivity index (χ1v) is 20.6. The summed E-state index contributed by atoms with van der Waals surface area (Å²) < 4.78 is 3.25. The molecule has 0 rings (SSSR count). The summed E-state index contributed by atoms with van der Waals surface area (Å²) in [5.41, 5.74) is 0. The summed E-state index contributed by atoms with van der Waals surface area (Å²) in [6.07, 6.45) is 28.2. The Kier molecular flexibility index (Phi) is 55.4. The van der Waals surface area contributed by atoms with Crippen LogP contribution in [0.3, 0.4) is 0 Å². The molecule has 0 aromatic heterocycles. The molecule has 40 heavy (non-hydrogen) atoms. The number of rotatable bonds is 26. The predicted molar refractivity (Wildman–Crippen MR) is 168 cm³/mol. The zero-order chi connectivity index (χ0) is 31.0. The van der Waals surface area contributed by atoms with Gasteiger partial charge in [-0.25, -0.2) is 0 Å². The Balaban J connectivity index is -0.000000236. The molecule has 238 valence electrons. The van der Waals surface area contributed by atoms with E-state index >= 15 is 0 Å². The monoisotopic (exact) mass is 678 g/mol. The molecule has 0 aliphatic rings. The normalized spacial score (nSPS) is 9.60. The number of carboxylic acids is 2. The van der Waals surface area contributed by atoms with Crippen molar-refractivity contribution in [3.8, 4) is 0 Å². The second-order valence-electron chi connectivity index (χ2n) is 10.5. The Labute approximate surface area is 259 Å².